The highest BCUT2D eigenvalue weighted by atomic mass is 79.9. The lowest BCUT2D eigenvalue weighted by Gasteiger charge is -2.16. The summed E-state index contributed by atoms with van der Waals surface area (Å²) in [6, 6.07) is 6.00. The minimum Gasteiger partial charge on any atom is -0.492 e. The van der Waals surface area contributed by atoms with E-state index in [1.807, 2.05) is 18.2 Å². The summed E-state index contributed by atoms with van der Waals surface area (Å²) in [7, 11) is 0. The van der Waals surface area contributed by atoms with Crippen molar-refractivity contribution >= 4 is 15.9 Å². The highest BCUT2D eigenvalue weighted by Crippen LogP contribution is 2.23. The molecule has 1 fully saturated rings. The average Bonchev–Trinajstić information content (AvgIpc) is 2.82. The topological polar surface area (TPSA) is 38.5 Å². The summed E-state index contributed by atoms with van der Waals surface area (Å²) in [5, 5.41) is 0. The highest BCUT2D eigenvalue weighted by Gasteiger charge is 2.11. The molecule has 1 aromatic carbocycles. The first-order chi connectivity index (χ1) is 8.29. The Morgan fingerprint density at radius 3 is 2.76 bits per heavy atom. The third kappa shape index (κ3) is 3.69. The van der Waals surface area contributed by atoms with Crippen molar-refractivity contribution in [3.63, 3.8) is 0 Å². The molecule has 0 bridgehead atoms. The van der Waals surface area contributed by atoms with Crippen LogP contribution in [0.25, 0.3) is 0 Å². The van der Waals surface area contributed by atoms with Crippen molar-refractivity contribution < 1.29 is 4.74 Å². The summed E-state index contributed by atoms with van der Waals surface area (Å²) in [5.74, 6) is 0.904. The van der Waals surface area contributed by atoms with Gasteiger partial charge in [0.2, 0.25) is 0 Å². The fourth-order valence-corrected chi connectivity index (χ4v) is 2.46. The molecule has 0 aromatic heterocycles. The number of hydrogen-bond donors (Lipinski definition) is 1. The van der Waals surface area contributed by atoms with Gasteiger partial charge in [-0.15, -0.1) is 0 Å². The molecule has 1 heterocycles. The lowest BCUT2D eigenvalue weighted by Crippen LogP contribution is -2.25. The van der Waals surface area contributed by atoms with Gasteiger partial charge in [0.15, 0.2) is 0 Å². The van der Waals surface area contributed by atoms with E-state index in [9.17, 15) is 0 Å². The number of nitrogens with zero attached hydrogens (tertiary/aromatic N) is 1. The van der Waals surface area contributed by atoms with Gasteiger partial charge < -0.3 is 10.5 Å². The predicted octanol–water partition coefficient (Wildman–Crippen LogP) is 2.38. The molecule has 4 heteroatoms. The Morgan fingerprint density at radius 1 is 1.29 bits per heavy atom. The van der Waals surface area contributed by atoms with Crippen LogP contribution in [0.1, 0.15) is 18.4 Å². The van der Waals surface area contributed by atoms with Gasteiger partial charge in [0.05, 0.1) is 0 Å². The molecule has 0 spiro atoms. The maximum atomic E-state index is 5.82. The van der Waals surface area contributed by atoms with Gasteiger partial charge in [-0.1, -0.05) is 22.0 Å². The van der Waals surface area contributed by atoms with Crippen LogP contribution in [-0.4, -0.2) is 31.1 Å². The van der Waals surface area contributed by atoms with Gasteiger partial charge in [0.25, 0.3) is 0 Å². The quantitative estimate of drug-likeness (QED) is 0.907. The van der Waals surface area contributed by atoms with Crippen LogP contribution in [0, 0.1) is 0 Å². The Kier molecular flexibility index (Phi) is 4.83. The summed E-state index contributed by atoms with van der Waals surface area (Å²) in [4.78, 5) is 2.44. The number of nitrogens with two attached hydrogens (primary N) is 1. The highest BCUT2D eigenvalue weighted by molar-refractivity contribution is 9.10. The molecular formula is C13H19BrN2O. The average molecular weight is 299 g/mol. The monoisotopic (exact) mass is 298 g/mol. The number of benzene rings is 1. The molecule has 94 valence electrons. The zero-order valence-corrected chi connectivity index (χ0v) is 11.6. The predicted molar refractivity (Wildman–Crippen MR) is 73.2 cm³/mol. The summed E-state index contributed by atoms with van der Waals surface area (Å²) < 4.78 is 6.85. The Labute approximate surface area is 111 Å². The van der Waals surface area contributed by atoms with Crippen molar-refractivity contribution in [2.75, 3.05) is 26.2 Å². The zero-order valence-electron chi connectivity index (χ0n) is 9.99. The lowest BCUT2D eigenvalue weighted by molar-refractivity contribution is 0.236. The second-order valence-electron chi connectivity index (χ2n) is 4.35. The second kappa shape index (κ2) is 6.38. The molecule has 0 radical (unpaired) electrons. The Hall–Kier alpha value is -0.580. The normalized spacial score (nSPS) is 16.4. The minimum absolute atomic E-state index is 0.520. The van der Waals surface area contributed by atoms with Crippen LogP contribution in [0.4, 0.5) is 0 Å². The molecule has 3 nitrogen and oxygen atoms in total. The van der Waals surface area contributed by atoms with Crippen LogP contribution < -0.4 is 10.5 Å². The van der Waals surface area contributed by atoms with Crippen molar-refractivity contribution in [1.82, 2.24) is 4.90 Å². The van der Waals surface area contributed by atoms with Gasteiger partial charge in [-0.25, -0.2) is 0 Å². The molecule has 1 saturated heterocycles. The van der Waals surface area contributed by atoms with E-state index in [2.05, 4.69) is 20.8 Å². The fraction of sp³-hybridized carbons (Fsp3) is 0.538. The van der Waals surface area contributed by atoms with Crippen LogP contribution in [0.5, 0.6) is 5.75 Å². The van der Waals surface area contributed by atoms with Crippen LogP contribution in [0.2, 0.25) is 0 Å². The second-order valence-corrected chi connectivity index (χ2v) is 5.27. The van der Waals surface area contributed by atoms with Crippen molar-refractivity contribution in [2.24, 2.45) is 5.73 Å². The standard InChI is InChI=1S/C13H19BrN2O/c14-12-4-3-11(10-15)13(9-12)17-8-7-16-5-1-2-6-16/h3-4,9H,1-2,5-8,10,15H2. The molecule has 17 heavy (non-hydrogen) atoms. The summed E-state index contributed by atoms with van der Waals surface area (Å²) in [6.45, 7) is 4.70. The molecule has 0 saturated carbocycles. The van der Waals surface area contributed by atoms with Crippen molar-refractivity contribution in [3.05, 3.63) is 28.2 Å². The van der Waals surface area contributed by atoms with E-state index in [1.54, 1.807) is 0 Å². The van der Waals surface area contributed by atoms with Gasteiger partial charge in [-0.05, 0) is 38.1 Å². The fourth-order valence-electron chi connectivity index (χ4n) is 2.12. The first-order valence-electron chi connectivity index (χ1n) is 6.13. The van der Waals surface area contributed by atoms with E-state index >= 15 is 0 Å². The molecule has 0 aliphatic carbocycles. The Morgan fingerprint density at radius 2 is 2.06 bits per heavy atom. The van der Waals surface area contributed by atoms with E-state index in [-0.39, 0.29) is 0 Å². The summed E-state index contributed by atoms with van der Waals surface area (Å²) in [6.07, 6.45) is 2.65. The largest absolute Gasteiger partial charge is 0.492 e. The Balaban J connectivity index is 1.86. The molecule has 1 aromatic rings. The first kappa shape index (κ1) is 12.9. The number of likely N-dealkylation sites (tertiary alicyclic amines) is 1. The van der Waals surface area contributed by atoms with E-state index in [0.717, 1.165) is 28.9 Å². The van der Waals surface area contributed by atoms with Crippen LogP contribution >= 0.6 is 15.9 Å². The molecule has 0 unspecified atom stereocenters. The number of ether oxygens (including phenoxy) is 1. The van der Waals surface area contributed by atoms with E-state index < -0.39 is 0 Å². The summed E-state index contributed by atoms with van der Waals surface area (Å²) >= 11 is 3.45. The van der Waals surface area contributed by atoms with E-state index in [4.69, 9.17) is 10.5 Å². The maximum absolute atomic E-state index is 5.82. The number of hydrogen-bond acceptors (Lipinski definition) is 3. The third-order valence-corrected chi connectivity index (χ3v) is 3.61. The van der Waals surface area contributed by atoms with Crippen LogP contribution in [0.15, 0.2) is 22.7 Å². The van der Waals surface area contributed by atoms with E-state index in [0.29, 0.717) is 6.54 Å². The lowest BCUT2D eigenvalue weighted by atomic mass is 10.2. The molecule has 2 rings (SSSR count). The molecule has 0 atom stereocenters. The zero-order chi connectivity index (χ0) is 12.1. The molecular weight excluding hydrogens is 280 g/mol. The van der Waals surface area contributed by atoms with Gasteiger partial charge >= 0.3 is 0 Å². The minimum atomic E-state index is 0.520. The molecule has 1 aliphatic rings. The van der Waals surface area contributed by atoms with E-state index in [1.165, 1.54) is 25.9 Å². The van der Waals surface area contributed by atoms with Gasteiger partial charge in [0.1, 0.15) is 12.4 Å². The smallest absolute Gasteiger partial charge is 0.124 e. The Bertz CT molecular complexity index is 364. The number of rotatable bonds is 5. The van der Waals surface area contributed by atoms with Crippen molar-refractivity contribution in [3.8, 4) is 5.75 Å². The van der Waals surface area contributed by atoms with Gasteiger partial charge in [0, 0.05) is 23.1 Å². The number of halogens is 1. The van der Waals surface area contributed by atoms with Crippen molar-refractivity contribution in [1.29, 1.82) is 0 Å². The van der Waals surface area contributed by atoms with Gasteiger partial charge in [-0.2, -0.15) is 0 Å². The SMILES string of the molecule is NCc1ccc(Br)cc1OCCN1CCCC1. The maximum Gasteiger partial charge on any atom is 0.124 e. The van der Waals surface area contributed by atoms with Crippen LogP contribution in [0.3, 0.4) is 0 Å². The third-order valence-electron chi connectivity index (χ3n) is 3.11. The van der Waals surface area contributed by atoms with Crippen LogP contribution in [-0.2, 0) is 6.54 Å². The van der Waals surface area contributed by atoms with Crippen molar-refractivity contribution in [2.45, 2.75) is 19.4 Å². The first-order valence-corrected chi connectivity index (χ1v) is 6.92. The summed E-state index contributed by atoms with van der Waals surface area (Å²) in [5.41, 5.74) is 6.75. The van der Waals surface area contributed by atoms with Gasteiger partial charge in [-0.3, -0.25) is 4.90 Å². The molecule has 2 N–H and O–H groups in total. The molecule has 0 amide bonds. The molecule has 1 aliphatic heterocycles.